The van der Waals surface area contributed by atoms with Crippen LogP contribution in [0, 0.1) is 39.9 Å². The summed E-state index contributed by atoms with van der Waals surface area (Å²) in [4.78, 5) is 70.9. The molecule has 2 aliphatic heterocycles. The van der Waals surface area contributed by atoms with Gasteiger partial charge in [-0.15, -0.1) is 6.58 Å². The third-order valence-corrected chi connectivity index (χ3v) is 14.3. The Balaban J connectivity index is 1.33. The van der Waals surface area contributed by atoms with Crippen LogP contribution in [-0.2, 0) is 35.7 Å². The van der Waals surface area contributed by atoms with E-state index in [0.717, 1.165) is 19.3 Å². The zero-order chi connectivity index (χ0) is 39.3. The summed E-state index contributed by atoms with van der Waals surface area (Å²) in [7, 11) is -3.74. The number of likely N-dealkylation sites (tertiary alicyclic amines) is 1. The zero-order valence-corrected chi connectivity index (χ0v) is 33.7. The van der Waals surface area contributed by atoms with Crippen LogP contribution < -0.4 is 10.6 Å². The molecule has 53 heavy (non-hydrogen) atoms. The van der Waals surface area contributed by atoms with Crippen LogP contribution >= 0.6 is 0 Å². The van der Waals surface area contributed by atoms with E-state index in [2.05, 4.69) is 31.1 Å². The van der Waals surface area contributed by atoms with E-state index in [4.69, 9.17) is 0 Å². The molecule has 0 radical (unpaired) electrons. The van der Waals surface area contributed by atoms with Crippen LogP contribution in [0.1, 0.15) is 106 Å². The number of allylic oxidation sites excluding steroid dienone is 1. The van der Waals surface area contributed by atoms with Crippen molar-refractivity contribution in [3.8, 4) is 0 Å². The number of urea groups is 1. The Morgan fingerprint density at radius 2 is 1.66 bits per heavy atom. The zero-order valence-electron chi connectivity index (χ0n) is 32.9. The molecule has 1 unspecified atom stereocenters. The SMILES string of the molecule is C=CCCC(=O)C(=O)C(CC(=O)[C@@H]1[C@@H]2[C@H](CN1C(=O)[C@@H](NC(=O)N[C@H](CN1Cc3ccccc3S1(=O)=O)C(C)(C)C)C(C)(C)C)C2(C)C)CC1CCC1. The minimum Gasteiger partial charge on any atom is -0.334 e. The van der Waals surface area contributed by atoms with Crippen molar-refractivity contribution < 1.29 is 32.4 Å². The van der Waals surface area contributed by atoms with Crippen LogP contribution in [0.15, 0.2) is 41.8 Å². The van der Waals surface area contributed by atoms with Gasteiger partial charge in [-0.25, -0.2) is 13.2 Å². The number of piperidine rings is 1. The molecule has 2 aliphatic carbocycles. The molecule has 1 saturated heterocycles. The van der Waals surface area contributed by atoms with Gasteiger partial charge in [0.25, 0.3) is 0 Å². The first-order valence-corrected chi connectivity index (χ1v) is 20.7. The number of Topliss-reactive ketones (excluding diaryl/α,β-unsaturated/α-hetero) is 3. The highest BCUT2D eigenvalue weighted by molar-refractivity contribution is 7.89. The van der Waals surface area contributed by atoms with E-state index in [1.807, 2.05) is 41.5 Å². The van der Waals surface area contributed by atoms with Crippen molar-refractivity contribution in [1.29, 1.82) is 0 Å². The summed E-state index contributed by atoms with van der Waals surface area (Å²) in [6.07, 6.45) is 5.50. The lowest BCUT2D eigenvalue weighted by molar-refractivity contribution is -0.145. The van der Waals surface area contributed by atoms with E-state index in [1.54, 1.807) is 35.2 Å². The number of ketones is 3. The molecule has 2 heterocycles. The van der Waals surface area contributed by atoms with Crippen molar-refractivity contribution in [3.63, 3.8) is 0 Å². The maximum atomic E-state index is 14.6. The predicted octanol–water partition coefficient (Wildman–Crippen LogP) is 5.67. The van der Waals surface area contributed by atoms with Gasteiger partial charge in [0.15, 0.2) is 11.6 Å². The number of fused-ring (bicyclic) bond motifs is 2. The Bertz CT molecular complexity index is 1740. The number of carbonyl (C=O) groups is 5. The van der Waals surface area contributed by atoms with E-state index >= 15 is 0 Å². The van der Waals surface area contributed by atoms with Gasteiger partial charge in [-0.2, -0.15) is 4.31 Å². The van der Waals surface area contributed by atoms with Gasteiger partial charge in [0, 0.05) is 44.4 Å². The molecule has 3 fully saturated rings. The first kappa shape index (κ1) is 40.8. The first-order valence-electron chi connectivity index (χ1n) is 19.2. The van der Waals surface area contributed by atoms with Crippen LogP contribution in [0.5, 0.6) is 0 Å². The quantitative estimate of drug-likeness (QED) is 0.173. The molecule has 11 nitrogen and oxygen atoms in total. The van der Waals surface area contributed by atoms with Crippen LogP contribution in [0.4, 0.5) is 4.79 Å². The van der Waals surface area contributed by atoms with Crippen molar-refractivity contribution >= 4 is 39.3 Å². The molecule has 2 saturated carbocycles. The fraction of sp³-hybridized carbons (Fsp3) is 0.683. The minimum absolute atomic E-state index is 0.0417. The molecule has 0 spiro atoms. The predicted molar refractivity (Wildman–Crippen MR) is 203 cm³/mol. The van der Waals surface area contributed by atoms with Crippen molar-refractivity contribution in [2.45, 2.75) is 130 Å². The van der Waals surface area contributed by atoms with Gasteiger partial charge in [-0.3, -0.25) is 19.2 Å². The van der Waals surface area contributed by atoms with Crippen molar-refractivity contribution in [1.82, 2.24) is 19.8 Å². The summed E-state index contributed by atoms with van der Waals surface area (Å²) in [6, 6.07) is 3.90. The number of benzene rings is 1. The van der Waals surface area contributed by atoms with Gasteiger partial charge in [0.05, 0.1) is 10.9 Å². The van der Waals surface area contributed by atoms with Crippen LogP contribution in [0.2, 0.25) is 0 Å². The Kier molecular flexibility index (Phi) is 11.6. The van der Waals surface area contributed by atoms with E-state index in [9.17, 15) is 32.4 Å². The standard InChI is InChI=1S/C41H60N4O7S/c1-10-11-18-29(46)35(48)27(20-25-15-14-16-25)21-30(47)34-33-28(41(33,8)9)23-45(34)37(49)36(40(5,6)7)43-38(50)42-32(39(2,3)4)24-44-22-26-17-12-13-19-31(26)53(44,51)52/h10,12-13,17,19,25,27-28,32-34,36H,1,11,14-16,18,20-24H2,2-9H3,(H2,42,43,50)/t27?,28-,32+,33-,34+,36+/m0/s1. The Morgan fingerprint density at radius 3 is 2.23 bits per heavy atom. The van der Waals surface area contributed by atoms with Gasteiger partial charge in [0.1, 0.15) is 6.04 Å². The summed E-state index contributed by atoms with van der Waals surface area (Å²) < 4.78 is 28.1. The second kappa shape index (κ2) is 15.0. The molecule has 1 aromatic carbocycles. The molecular formula is C41H60N4O7S. The maximum Gasteiger partial charge on any atom is 0.315 e. The lowest BCUT2D eigenvalue weighted by atomic mass is 9.75. The van der Waals surface area contributed by atoms with Gasteiger partial charge >= 0.3 is 6.03 Å². The summed E-state index contributed by atoms with van der Waals surface area (Å²) in [6.45, 7) is 19.8. The average Bonchev–Trinajstić information content (AvgIpc) is 3.31. The van der Waals surface area contributed by atoms with Crippen molar-refractivity contribution in [2.75, 3.05) is 13.1 Å². The number of sulfonamides is 1. The van der Waals surface area contributed by atoms with Crippen LogP contribution in [0.25, 0.3) is 0 Å². The van der Waals surface area contributed by atoms with Crippen molar-refractivity contribution in [3.05, 3.63) is 42.5 Å². The Labute approximate surface area is 316 Å². The van der Waals surface area contributed by atoms with E-state index in [0.29, 0.717) is 30.9 Å². The fourth-order valence-corrected chi connectivity index (χ4v) is 10.2. The molecule has 2 N–H and O–H groups in total. The Hall–Kier alpha value is -3.38. The third-order valence-electron chi connectivity index (χ3n) is 12.4. The van der Waals surface area contributed by atoms with Crippen LogP contribution in [-0.4, -0.2) is 78.1 Å². The number of hydrogen-bond donors (Lipinski definition) is 2. The largest absolute Gasteiger partial charge is 0.334 e. The van der Waals surface area contributed by atoms with E-state index in [1.165, 1.54) is 4.31 Å². The maximum absolute atomic E-state index is 14.6. The molecule has 1 aromatic rings. The Morgan fingerprint density at radius 1 is 1.00 bits per heavy atom. The second-order valence-electron chi connectivity index (χ2n) is 18.6. The molecule has 4 aliphatic rings. The van der Waals surface area contributed by atoms with E-state index in [-0.39, 0.29) is 59.8 Å². The molecule has 3 amide bonds. The first-order chi connectivity index (χ1) is 24.6. The summed E-state index contributed by atoms with van der Waals surface area (Å²) in [5.74, 6) is -1.95. The number of amides is 3. The molecule has 292 valence electrons. The minimum atomic E-state index is -3.74. The topological polar surface area (TPSA) is 150 Å². The summed E-state index contributed by atoms with van der Waals surface area (Å²) in [5.41, 5.74) is -0.746. The van der Waals surface area contributed by atoms with Crippen molar-refractivity contribution in [2.24, 2.45) is 39.9 Å². The van der Waals surface area contributed by atoms with Gasteiger partial charge in [0.2, 0.25) is 21.7 Å². The smallest absolute Gasteiger partial charge is 0.315 e. The number of carbonyl (C=O) groups excluding carboxylic acids is 5. The average molecular weight is 753 g/mol. The van der Waals surface area contributed by atoms with Crippen LogP contribution in [0.3, 0.4) is 0 Å². The summed E-state index contributed by atoms with van der Waals surface area (Å²) in [5, 5.41) is 5.90. The van der Waals surface area contributed by atoms with Gasteiger partial charge in [-0.1, -0.05) is 98.9 Å². The monoisotopic (exact) mass is 752 g/mol. The normalized spacial score (nSPS) is 24.9. The molecule has 5 rings (SSSR count). The fourth-order valence-electron chi connectivity index (χ4n) is 8.59. The summed E-state index contributed by atoms with van der Waals surface area (Å²) >= 11 is 0. The molecular weight excluding hydrogens is 693 g/mol. The second-order valence-corrected chi connectivity index (χ2v) is 20.6. The molecule has 0 bridgehead atoms. The van der Waals surface area contributed by atoms with Gasteiger partial charge in [-0.05, 0) is 58.5 Å². The number of nitrogens with zero attached hydrogens (tertiary/aromatic N) is 2. The number of nitrogens with one attached hydrogen (secondary N) is 2. The molecule has 12 heteroatoms. The highest BCUT2D eigenvalue weighted by Crippen LogP contribution is 2.65. The van der Waals surface area contributed by atoms with Gasteiger partial charge < -0.3 is 15.5 Å². The number of rotatable bonds is 15. The third kappa shape index (κ3) is 8.48. The lowest BCUT2D eigenvalue weighted by Gasteiger charge is -2.39. The highest BCUT2D eigenvalue weighted by Gasteiger charge is 2.69. The number of hydrogen-bond acceptors (Lipinski definition) is 7. The molecule has 6 atom stereocenters. The highest BCUT2D eigenvalue weighted by atomic mass is 32.2. The lowest BCUT2D eigenvalue weighted by Crippen LogP contribution is -2.61. The molecule has 0 aromatic heterocycles. The van der Waals surface area contributed by atoms with E-state index < -0.39 is 62.5 Å².